The summed E-state index contributed by atoms with van der Waals surface area (Å²) in [6.45, 7) is 3.97. The van der Waals surface area contributed by atoms with Crippen molar-refractivity contribution < 1.29 is 18.4 Å². The molecule has 188 valence electrons. The van der Waals surface area contributed by atoms with Gasteiger partial charge in [0.2, 0.25) is 5.91 Å². The number of carbonyl (C=O) groups is 2. The van der Waals surface area contributed by atoms with Gasteiger partial charge in [0.05, 0.1) is 24.2 Å². The molecular formula is C25H27F2N7O2. The molecule has 0 aliphatic carbocycles. The van der Waals surface area contributed by atoms with Gasteiger partial charge < -0.3 is 16.0 Å². The van der Waals surface area contributed by atoms with E-state index < -0.39 is 29.6 Å². The third kappa shape index (κ3) is 4.37. The second-order valence-electron chi connectivity index (χ2n) is 9.11. The lowest BCUT2D eigenvalue weighted by Gasteiger charge is -2.26. The summed E-state index contributed by atoms with van der Waals surface area (Å²) in [5, 5.41) is 11.2. The standard InChI is InChI=1S/C25H27F2N7O2/c1-14(15-7-9-16(10-8-15)33-11-2-3-12-33)24(35)29-23-20-19(30-31-23)13-34(32-25(28)36)22(20)17-5-4-6-18(26)21(17)27/h4-10,14,22H,2-3,11-13H2,1H3,(H3,28,32,36)(H2,29,30,31,35). The quantitative estimate of drug-likeness (QED) is 0.417. The van der Waals surface area contributed by atoms with Crippen molar-refractivity contribution in [2.24, 2.45) is 5.73 Å². The normalized spacial score (nSPS) is 18.2. The molecule has 1 saturated heterocycles. The topological polar surface area (TPSA) is 119 Å². The zero-order chi connectivity index (χ0) is 25.4. The highest BCUT2D eigenvalue weighted by Crippen LogP contribution is 2.41. The fraction of sp³-hybridized carbons (Fsp3) is 0.320. The fourth-order valence-corrected chi connectivity index (χ4v) is 4.94. The van der Waals surface area contributed by atoms with E-state index in [1.807, 2.05) is 24.3 Å². The van der Waals surface area contributed by atoms with Gasteiger partial charge in [0.1, 0.15) is 0 Å². The number of hydrogen-bond acceptors (Lipinski definition) is 5. The predicted molar refractivity (Wildman–Crippen MR) is 130 cm³/mol. The molecule has 3 aromatic rings. The number of halogens is 2. The number of amides is 3. The predicted octanol–water partition coefficient (Wildman–Crippen LogP) is 3.52. The molecule has 0 saturated carbocycles. The van der Waals surface area contributed by atoms with Crippen molar-refractivity contribution in [3.8, 4) is 0 Å². The summed E-state index contributed by atoms with van der Waals surface area (Å²) in [7, 11) is 0. The van der Waals surface area contributed by atoms with Gasteiger partial charge >= 0.3 is 6.03 Å². The number of benzene rings is 2. The zero-order valence-corrected chi connectivity index (χ0v) is 19.7. The first-order chi connectivity index (χ1) is 17.3. The lowest BCUT2D eigenvalue weighted by Crippen LogP contribution is -2.44. The Morgan fingerprint density at radius 2 is 1.86 bits per heavy atom. The van der Waals surface area contributed by atoms with Crippen molar-refractivity contribution in [2.75, 3.05) is 23.3 Å². The van der Waals surface area contributed by atoms with Crippen LogP contribution < -0.4 is 21.4 Å². The Hall–Kier alpha value is -3.99. The third-order valence-electron chi connectivity index (χ3n) is 6.83. The molecule has 36 heavy (non-hydrogen) atoms. The van der Waals surface area contributed by atoms with Crippen molar-refractivity contribution in [3.63, 3.8) is 0 Å². The average Bonchev–Trinajstić information content (AvgIpc) is 3.59. The molecule has 0 bridgehead atoms. The molecule has 11 heteroatoms. The Balaban J connectivity index is 1.40. The molecule has 9 nitrogen and oxygen atoms in total. The van der Waals surface area contributed by atoms with Crippen molar-refractivity contribution in [2.45, 2.75) is 38.3 Å². The van der Waals surface area contributed by atoms with E-state index in [1.54, 1.807) is 6.92 Å². The molecule has 2 aliphatic rings. The van der Waals surface area contributed by atoms with Gasteiger partial charge in [0.25, 0.3) is 0 Å². The van der Waals surface area contributed by atoms with Crippen LogP contribution in [0.1, 0.15) is 54.1 Å². The van der Waals surface area contributed by atoms with Crippen molar-refractivity contribution in [1.29, 1.82) is 0 Å². The number of aromatic amines is 1. The van der Waals surface area contributed by atoms with Crippen LogP contribution in [-0.2, 0) is 11.3 Å². The maximum Gasteiger partial charge on any atom is 0.326 e. The zero-order valence-electron chi connectivity index (χ0n) is 19.7. The van der Waals surface area contributed by atoms with Crippen LogP contribution >= 0.6 is 0 Å². The number of hydrogen-bond donors (Lipinski definition) is 4. The number of nitrogens with zero attached hydrogens (tertiary/aromatic N) is 3. The molecule has 0 spiro atoms. The summed E-state index contributed by atoms with van der Waals surface area (Å²) in [5.74, 6) is -2.71. The summed E-state index contributed by atoms with van der Waals surface area (Å²) in [6, 6.07) is 9.91. The Kier molecular flexibility index (Phi) is 6.31. The third-order valence-corrected chi connectivity index (χ3v) is 6.83. The van der Waals surface area contributed by atoms with Crippen LogP contribution in [0.3, 0.4) is 0 Å². The van der Waals surface area contributed by atoms with Crippen LogP contribution in [-0.4, -0.2) is 40.2 Å². The fourth-order valence-electron chi connectivity index (χ4n) is 4.94. The number of urea groups is 1. The van der Waals surface area contributed by atoms with Crippen LogP contribution in [0.25, 0.3) is 0 Å². The molecule has 2 aliphatic heterocycles. The minimum absolute atomic E-state index is 0.0232. The molecule has 1 aromatic heterocycles. The average molecular weight is 496 g/mol. The first kappa shape index (κ1) is 23.7. The Labute approximate surface area is 206 Å². The van der Waals surface area contributed by atoms with E-state index in [-0.39, 0.29) is 23.8 Å². The molecule has 5 N–H and O–H groups in total. The van der Waals surface area contributed by atoms with Gasteiger partial charge in [0, 0.05) is 29.9 Å². The summed E-state index contributed by atoms with van der Waals surface area (Å²) in [6.07, 6.45) is 2.36. The first-order valence-corrected chi connectivity index (χ1v) is 11.8. The van der Waals surface area contributed by atoms with E-state index in [0.29, 0.717) is 11.3 Å². The van der Waals surface area contributed by atoms with E-state index in [0.717, 1.165) is 30.4 Å². The van der Waals surface area contributed by atoms with E-state index in [9.17, 15) is 18.4 Å². The van der Waals surface area contributed by atoms with Crippen LogP contribution in [0, 0.1) is 11.6 Å². The van der Waals surface area contributed by atoms with Gasteiger partial charge in [-0.05, 0) is 43.5 Å². The van der Waals surface area contributed by atoms with E-state index in [4.69, 9.17) is 5.73 Å². The van der Waals surface area contributed by atoms with Gasteiger partial charge in [-0.1, -0.05) is 24.3 Å². The van der Waals surface area contributed by atoms with E-state index >= 15 is 0 Å². The van der Waals surface area contributed by atoms with Crippen molar-refractivity contribution in [3.05, 3.63) is 76.5 Å². The monoisotopic (exact) mass is 495 g/mol. The number of H-pyrrole nitrogens is 1. The molecule has 2 atom stereocenters. The van der Waals surface area contributed by atoms with Gasteiger partial charge in [-0.25, -0.2) is 18.6 Å². The number of nitrogens with one attached hydrogen (secondary N) is 3. The van der Waals surface area contributed by atoms with Crippen LogP contribution in [0.5, 0.6) is 0 Å². The number of hydrazine groups is 1. The molecule has 2 aromatic carbocycles. The van der Waals surface area contributed by atoms with E-state index in [2.05, 4.69) is 25.8 Å². The Bertz CT molecular complexity index is 1290. The number of anilines is 2. The minimum Gasteiger partial charge on any atom is -0.372 e. The van der Waals surface area contributed by atoms with Gasteiger partial charge in [-0.2, -0.15) is 5.10 Å². The van der Waals surface area contributed by atoms with E-state index in [1.165, 1.54) is 30.0 Å². The second kappa shape index (κ2) is 9.57. The van der Waals surface area contributed by atoms with Crippen LogP contribution in [0.2, 0.25) is 0 Å². The first-order valence-electron chi connectivity index (χ1n) is 11.8. The minimum atomic E-state index is -1.06. The highest BCUT2D eigenvalue weighted by molar-refractivity contribution is 5.95. The van der Waals surface area contributed by atoms with Gasteiger partial charge in [0.15, 0.2) is 17.5 Å². The molecular weight excluding hydrogens is 468 g/mol. The van der Waals surface area contributed by atoms with Crippen LogP contribution in [0.4, 0.5) is 25.1 Å². The summed E-state index contributed by atoms with van der Waals surface area (Å²) >= 11 is 0. The Morgan fingerprint density at radius 1 is 1.14 bits per heavy atom. The molecule has 1 fully saturated rings. The number of aromatic nitrogens is 2. The number of primary amides is 1. The maximum absolute atomic E-state index is 14.8. The lowest BCUT2D eigenvalue weighted by molar-refractivity contribution is -0.117. The Morgan fingerprint density at radius 3 is 2.56 bits per heavy atom. The largest absolute Gasteiger partial charge is 0.372 e. The second-order valence-corrected chi connectivity index (χ2v) is 9.11. The summed E-state index contributed by atoms with van der Waals surface area (Å²) < 4.78 is 28.8. The number of rotatable bonds is 6. The number of fused-ring (bicyclic) bond motifs is 1. The van der Waals surface area contributed by atoms with Crippen molar-refractivity contribution in [1.82, 2.24) is 20.6 Å². The lowest BCUT2D eigenvalue weighted by atomic mass is 9.98. The highest BCUT2D eigenvalue weighted by atomic mass is 19.2. The van der Waals surface area contributed by atoms with Gasteiger partial charge in [-0.3, -0.25) is 15.3 Å². The SMILES string of the molecule is CC(C(=O)Nc1n[nH]c2c1C(c1cccc(F)c1F)N(NC(N)=O)C2)c1ccc(N2CCCC2)cc1. The van der Waals surface area contributed by atoms with Crippen molar-refractivity contribution >= 4 is 23.4 Å². The molecule has 2 unspecified atom stereocenters. The molecule has 3 amide bonds. The highest BCUT2D eigenvalue weighted by Gasteiger charge is 2.39. The smallest absolute Gasteiger partial charge is 0.326 e. The number of nitrogens with two attached hydrogens (primary N) is 1. The number of carbonyl (C=O) groups excluding carboxylic acids is 2. The maximum atomic E-state index is 14.8. The summed E-state index contributed by atoms with van der Waals surface area (Å²) in [4.78, 5) is 27.1. The molecule has 3 heterocycles. The van der Waals surface area contributed by atoms with Crippen LogP contribution in [0.15, 0.2) is 42.5 Å². The van der Waals surface area contributed by atoms with Gasteiger partial charge in [-0.15, -0.1) is 0 Å². The molecule has 0 radical (unpaired) electrons. The molecule has 5 rings (SSSR count). The summed E-state index contributed by atoms with van der Waals surface area (Å²) in [5.41, 5.74) is 10.7.